The van der Waals surface area contributed by atoms with Crippen LogP contribution in [0.4, 0.5) is 17.6 Å². The maximum atomic E-state index is 13.6. The number of esters is 1. The molecule has 1 atom stereocenters. The van der Waals surface area contributed by atoms with Crippen molar-refractivity contribution in [1.29, 1.82) is 0 Å². The largest absolute Gasteiger partial charge is 0.462 e. The van der Waals surface area contributed by atoms with Gasteiger partial charge in [0.25, 0.3) is 0 Å². The highest BCUT2D eigenvalue weighted by Crippen LogP contribution is 2.33. The number of benzene rings is 1. The smallest absolute Gasteiger partial charge is 0.379 e. The molecule has 0 aliphatic rings. The van der Waals surface area contributed by atoms with E-state index in [1.54, 1.807) is 0 Å². The van der Waals surface area contributed by atoms with Gasteiger partial charge in [0.05, 0.1) is 6.61 Å². The van der Waals surface area contributed by atoms with Gasteiger partial charge in [-0.1, -0.05) is 12.1 Å². The summed E-state index contributed by atoms with van der Waals surface area (Å²) in [4.78, 5) is 11.1. The van der Waals surface area contributed by atoms with E-state index in [4.69, 9.17) is 5.73 Å². The Morgan fingerprint density at radius 1 is 1.35 bits per heavy atom. The standard InChI is InChI=1S/C12H13F4NO2.ClH/c1-3-19-11(18)12(15,16)10(17)7-5-4-6(2)8(13)9(7)14;/h4-5,10H,3,17H2,1-2H3;1H/t10-;/m0./s1. The Bertz CT molecular complexity index is 497. The molecule has 0 fully saturated rings. The number of carbonyl (C=O) groups is 1. The van der Waals surface area contributed by atoms with E-state index in [-0.39, 0.29) is 24.6 Å². The van der Waals surface area contributed by atoms with Gasteiger partial charge in [0.2, 0.25) is 0 Å². The minimum Gasteiger partial charge on any atom is -0.462 e. The lowest BCUT2D eigenvalue weighted by molar-refractivity contribution is -0.174. The molecule has 1 rings (SSSR count). The van der Waals surface area contributed by atoms with Crippen LogP contribution in [0.15, 0.2) is 12.1 Å². The maximum absolute atomic E-state index is 13.6. The number of halogens is 5. The van der Waals surface area contributed by atoms with Gasteiger partial charge < -0.3 is 10.5 Å². The number of rotatable bonds is 4. The van der Waals surface area contributed by atoms with E-state index in [1.807, 2.05) is 0 Å². The second-order valence-electron chi connectivity index (χ2n) is 3.92. The molecule has 1 aromatic rings. The van der Waals surface area contributed by atoms with E-state index >= 15 is 0 Å². The van der Waals surface area contributed by atoms with Crippen molar-refractivity contribution in [2.75, 3.05) is 6.61 Å². The van der Waals surface area contributed by atoms with E-state index < -0.39 is 35.1 Å². The van der Waals surface area contributed by atoms with Crippen molar-refractivity contribution in [2.24, 2.45) is 5.73 Å². The molecule has 0 heterocycles. The lowest BCUT2D eigenvalue weighted by atomic mass is 9.99. The van der Waals surface area contributed by atoms with Crippen LogP contribution < -0.4 is 5.73 Å². The van der Waals surface area contributed by atoms with Crippen LogP contribution >= 0.6 is 12.4 Å². The number of hydrogen-bond acceptors (Lipinski definition) is 3. The number of ether oxygens (including phenoxy) is 1. The van der Waals surface area contributed by atoms with E-state index in [9.17, 15) is 22.4 Å². The van der Waals surface area contributed by atoms with Crippen molar-refractivity contribution in [2.45, 2.75) is 25.8 Å². The van der Waals surface area contributed by atoms with Crippen LogP contribution in [0.25, 0.3) is 0 Å². The minimum atomic E-state index is -4.14. The molecule has 0 unspecified atom stereocenters. The van der Waals surface area contributed by atoms with Crippen molar-refractivity contribution >= 4 is 18.4 Å². The monoisotopic (exact) mass is 315 g/mol. The second kappa shape index (κ2) is 6.90. The van der Waals surface area contributed by atoms with Crippen molar-refractivity contribution in [3.8, 4) is 0 Å². The third kappa shape index (κ3) is 3.40. The molecule has 0 aliphatic carbocycles. The second-order valence-corrected chi connectivity index (χ2v) is 3.92. The van der Waals surface area contributed by atoms with Crippen LogP contribution in [0.2, 0.25) is 0 Å². The molecular weight excluding hydrogens is 302 g/mol. The van der Waals surface area contributed by atoms with Gasteiger partial charge in [0.15, 0.2) is 11.6 Å². The quantitative estimate of drug-likeness (QED) is 0.686. The Labute approximate surface area is 119 Å². The van der Waals surface area contributed by atoms with Gasteiger partial charge >= 0.3 is 11.9 Å². The van der Waals surface area contributed by atoms with Gasteiger partial charge in [-0.15, -0.1) is 12.4 Å². The molecule has 8 heteroatoms. The highest BCUT2D eigenvalue weighted by Gasteiger charge is 2.48. The topological polar surface area (TPSA) is 52.3 Å². The third-order valence-electron chi connectivity index (χ3n) is 2.58. The number of carbonyl (C=O) groups excluding carboxylic acids is 1. The zero-order valence-corrected chi connectivity index (χ0v) is 11.6. The van der Waals surface area contributed by atoms with Gasteiger partial charge in [-0.05, 0) is 19.4 Å². The number of alkyl halides is 2. The molecule has 0 amide bonds. The van der Waals surface area contributed by atoms with Crippen molar-refractivity contribution in [3.05, 3.63) is 34.9 Å². The van der Waals surface area contributed by atoms with Gasteiger partial charge in [-0.2, -0.15) is 8.78 Å². The summed E-state index contributed by atoms with van der Waals surface area (Å²) >= 11 is 0. The Morgan fingerprint density at radius 3 is 2.40 bits per heavy atom. The Hall–Kier alpha value is -1.34. The maximum Gasteiger partial charge on any atom is 0.379 e. The van der Waals surface area contributed by atoms with Crippen LogP contribution in [0, 0.1) is 18.6 Å². The van der Waals surface area contributed by atoms with Gasteiger partial charge in [-0.25, -0.2) is 13.6 Å². The highest BCUT2D eigenvalue weighted by molar-refractivity contribution is 5.85. The van der Waals surface area contributed by atoms with Crippen LogP contribution in [-0.4, -0.2) is 18.5 Å². The first-order valence-corrected chi connectivity index (χ1v) is 5.48. The summed E-state index contributed by atoms with van der Waals surface area (Å²) in [5.74, 6) is -8.77. The average molecular weight is 316 g/mol. The summed E-state index contributed by atoms with van der Waals surface area (Å²) in [5.41, 5.74) is 4.34. The molecule has 2 N–H and O–H groups in total. The molecule has 0 radical (unpaired) electrons. The van der Waals surface area contributed by atoms with Gasteiger partial charge in [-0.3, -0.25) is 0 Å². The van der Waals surface area contributed by atoms with E-state index in [0.717, 1.165) is 12.1 Å². The number of aryl methyl sites for hydroxylation is 1. The van der Waals surface area contributed by atoms with Crippen molar-refractivity contribution < 1.29 is 27.1 Å². The minimum absolute atomic E-state index is 0. The molecule has 0 saturated carbocycles. The number of hydrogen-bond donors (Lipinski definition) is 1. The lowest BCUT2D eigenvalue weighted by Crippen LogP contribution is -2.42. The zero-order valence-electron chi connectivity index (χ0n) is 10.8. The predicted molar refractivity (Wildman–Crippen MR) is 66.9 cm³/mol. The average Bonchev–Trinajstić information content (AvgIpc) is 2.35. The molecule has 0 aromatic heterocycles. The summed E-state index contributed by atoms with van der Waals surface area (Å²) in [6.45, 7) is 2.34. The fraction of sp³-hybridized carbons (Fsp3) is 0.417. The molecule has 0 spiro atoms. The summed E-state index contributed by atoms with van der Waals surface area (Å²) in [5, 5.41) is 0. The molecule has 1 aromatic carbocycles. The first-order valence-electron chi connectivity index (χ1n) is 5.48. The lowest BCUT2D eigenvalue weighted by Gasteiger charge is -2.22. The molecular formula is C12H14ClF4NO2. The van der Waals surface area contributed by atoms with Crippen LogP contribution in [0.1, 0.15) is 24.1 Å². The van der Waals surface area contributed by atoms with E-state index in [1.165, 1.54) is 13.8 Å². The van der Waals surface area contributed by atoms with E-state index in [0.29, 0.717) is 0 Å². The van der Waals surface area contributed by atoms with Crippen molar-refractivity contribution in [1.82, 2.24) is 0 Å². The van der Waals surface area contributed by atoms with Crippen LogP contribution in [0.5, 0.6) is 0 Å². The molecule has 20 heavy (non-hydrogen) atoms. The molecule has 0 saturated heterocycles. The predicted octanol–water partition coefficient (Wildman–Crippen LogP) is 2.89. The first kappa shape index (κ1) is 18.7. The fourth-order valence-corrected chi connectivity index (χ4v) is 1.45. The van der Waals surface area contributed by atoms with Crippen LogP contribution in [-0.2, 0) is 9.53 Å². The SMILES string of the molecule is CCOC(=O)C(F)(F)[C@@H](N)c1ccc(C)c(F)c1F.Cl. The van der Waals surface area contributed by atoms with Gasteiger partial charge in [0.1, 0.15) is 6.04 Å². The molecule has 0 aliphatic heterocycles. The molecule has 0 bridgehead atoms. The Morgan fingerprint density at radius 2 is 1.90 bits per heavy atom. The highest BCUT2D eigenvalue weighted by atomic mass is 35.5. The number of nitrogens with two attached hydrogens (primary N) is 1. The summed E-state index contributed by atoms with van der Waals surface area (Å²) in [7, 11) is 0. The first-order chi connectivity index (χ1) is 8.73. The third-order valence-corrected chi connectivity index (χ3v) is 2.58. The van der Waals surface area contributed by atoms with Crippen molar-refractivity contribution in [3.63, 3.8) is 0 Å². The Balaban J connectivity index is 0.00000361. The van der Waals surface area contributed by atoms with Crippen LogP contribution in [0.3, 0.4) is 0 Å². The Kier molecular flexibility index (Phi) is 6.43. The normalized spacial score (nSPS) is 12.6. The molecule has 3 nitrogen and oxygen atoms in total. The summed E-state index contributed by atoms with van der Waals surface area (Å²) < 4.78 is 58.2. The van der Waals surface area contributed by atoms with Gasteiger partial charge in [0, 0.05) is 5.56 Å². The zero-order chi connectivity index (χ0) is 14.8. The fourth-order valence-electron chi connectivity index (χ4n) is 1.45. The summed E-state index contributed by atoms with van der Waals surface area (Å²) in [6.07, 6.45) is 0. The summed E-state index contributed by atoms with van der Waals surface area (Å²) in [6, 6.07) is -0.290. The molecule has 114 valence electrons. The van der Waals surface area contributed by atoms with E-state index in [2.05, 4.69) is 4.74 Å².